The van der Waals surface area contributed by atoms with Gasteiger partial charge in [0.25, 0.3) is 5.91 Å². The molecule has 1 aromatic carbocycles. The lowest BCUT2D eigenvalue weighted by atomic mass is 10.1. The van der Waals surface area contributed by atoms with Crippen molar-refractivity contribution in [2.75, 3.05) is 44.3 Å². The third kappa shape index (κ3) is 4.92. The Labute approximate surface area is 193 Å². The van der Waals surface area contributed by atoms with Crippen molar-refractivity contribution in [2.24, 2.45) is 0 Å². The van der Waals surface area contributed by atoms with Crippen molar-refractivity contribution < 1.29 is 9.53 Å². The van der Waals surface area contributed by atoms with Crippen LogP contribution in [-0.2, 0) is 11.3 Å². The van der Waals surface area contributed by atoms with E-state index in [0.717, 1.165) is 60.4 Å². The zero-order valence-corrected chi connectivity index (χ0v) is 20.2. The minimum atomic E-state index is -0.0907. The molecular weight excluding hydrogens is 434 g/mol. The summed E-state index contributed by atoms with van der Waals surface area (Å²) in [5, 5.41) is 5.26. The number of ether oxygens (including phenoxy) is 1. The molecule has 0 bridgehead atoms. The van der Waals surface area contributed by atoms with Crippen molar-refractivity contribution in [1.82, 2.24) is 19.7 Å². The van der Waals surface area contributed by atoms with Crippen LogP contribution < -0.4 is 4.90 Å². The molecule has 3 heterocycles. The van der Waals surface area contributed by atoms with Crippen molar-refractivity contribution in [2.45, 2.75) is 34.2 Å². The standard InChI is InChI=1S/C22H29N5O2S.ClH/c1-5-27-16(3)14-18(24-27)21(28)26(9-8-25-10-12-29-13-11-25)22-23-20-17(4)15(2)6-7-19(20)30-22;/h6-7,14H,5,8-13H2,1-4H3;1H. The van der Waals surface area contributed by atoms with Gasteiger partial charge >= 0.3 is 0 Å². The molecule has 2 aromatic heterocycles. The number of aromatic nitrogens is 3. The molecule has 7 nitrogen and oxygen atoms in total. The van der Waals surface area contributed by atoms with Crippen LogP contribution in [0.3, 0.4) is 0 Å². The molecule has 1 aliphatic rings. The lowest BCUT2D eigenvalue weighted by Gasteiger charge is -2.29. The minimum absolute atomic E-state index is 0. The van der Waals surface area contributed by atoms with Crippen LogP contribution in [0.25, 0.3) is 10.2 Å². The van der Waals surface area contributed by atoms with Crippen molar-refractivity contribution in [1.29, 1.82) is 0 Å². The van der Waals surface area contributed by atoms with Gasteiger partial charge in [-0.05, 0) is 51.0 Å². The summed E-state index contributed by atoms with van der Waals surface area (Å²) in [4.78, 5) is 22.5. The highest BCUT2D eigenvalue weighted by Crippen LogP contribution is 2.32. The summed E-state index contributed by atoms with van der Waals surface area (Å²) in [7, 11) is 0. The molecule has 1 saturated heterocycles. The number of benzene rings is 1. The van der Waals surface area contributed by atoms with Crippen LogP contribution in [-0.4, -0.2) is 65.0 Å². The highest BCUT2D eigenvalue weighted by atomic mass is 35.5. The van der Waals surface area contributed by atoms with Gasteiger partial charge in [0, 0.05) is 38.4 Å². The summed E-state index contributed by atoms with van der Waals surface area (Å²) in [6.45, 7) is 13.6. The Morgan fingerprint density at radius 2 is 1.97 bits per heavy atom. The molecule has 168 valence electrons. The summed E-state index contributed by atoms with van der Waals surface area (Å²) >= 11 is 1.57. The molecule has 0 saturated carbocycles. The number of nitrogens with zero attached hydrogens (tertiary/aromatic N) is 5. The number of carbonyl (C=O) groups excluding carboxylic acids is 1. The number of fused-ring (bicyclic) bond motifs is 1. The molecule has 1 amide bonds. The Bertz CT molecular complexity index is 1060. The third-order valence-corrected chi connectivity index (χ3v) is 6.84. The first-order valence-electron chi connectivity index (χ1n) is 10.5. The number of morpholine rings is 1. The molecule has 0 spiro atoms. The SMILES string of the molecule is CCn1nc(C(=O)N(CCN2CCOCC2)c2nc3c(C)c(C)ccc3s2)cc1C.Cl. The highest BCUT2D eigenvalue weighted by molar-refractivity contribution is 7.22. The van der Waals surface area contributed by atoms with E-state index < -0.39 is 0 Å². The van der Waals surface area contributed by atoms with Gasteiger partial charge in [0.2, 0.25) is 0 Å². The summed E-state index contributed by atoms with van der Waals surface area (Å²) in [6, 6.07) is 6.08. The van der Waals surface area contributed by atoms with Crippen LogP contribution in [0.15, 0.2) is 18.2 Å². The molecule has 0 radical (unpaired) electrons. The highest BCUT2D eigenvalue weighted by Gasteiger charge is 2.25. The topological polar surface area (TPSA) is 63.5 Å². The van der Waals surface area contributed by atoms with Gasteiger partial charge in [0.15, 0.2) is 10.8 Å². The van der Waals surface area contributed by atoms with E-state index in [1.807, 2.05) is 24.6 Å². The zero-order valence-electron chi connectivity index (χ0n) is 18.6. The van der Waals surface area contributed by atoms with Crippen molar-refractivity contribution >= 4 is 45.0 Å². The van der Waals surface area contributed by atoms with E-state index in [1.54, 1.807) is 16.2 Å². The summed E-state index contributed by atoms with van der Waals surface area (Å²) < 4.78 is 8.42. The lowest BCUT2D eigenvalue weighted by molar-refractivity contribution is 0.0391. The molecule has 3 aromatic rings. The number of thiazole rings is 1. The number of rotatable bonds is 6. The van der Waals surface area contributed by atoms with Crippen LogP contribution in [0.5, 0.6) is 0 Å². The monoisotopic (exact) mass is 463 g/mol. The third-order valence-electron chi connectivity index (χ3n) is 5.79. The minimum Gasteiger partial charge on any atom is -0.379 e. The van der Waals surface area contributed by atoms with Gasteiger partial charge in [0.05, 0.1) is 23.4 Å². The van der Waals surface area contributed by atoms with Crippen molar-refractivity contribution in [3.63, 3.8) is 0 Å². The average Bonchev–Trinajstić information content (AvgIpc) is 3.35. The molecule has 0 N–H and O–H groups in total. The molecule has 4 rings (SSSR count). The van der Waals surface area contributed by atoms with E-state index >= 15 is 0 Å². The predicted octanol–water partition coefficient (Wildman–Crippen LogP) is 3.84. The second-order valence-electron chi connectivity index (χ2n) is 7.75. The van der Waals surface area contributed by atoms with Gasteiger partial charge < -0.3 is 4.74 Å². The van der Waals surface area contributed by atoms with E-state index in [0.29, 0.717) is 12.2 Å². The Hall–Kier alpha value is -2.00. The smallest absolute Gasteiger partial charge is 0.280 e. The quantitative estimate of drug-likeness (QED) is 0.555. The first-order valence-corrected chi connectivity index (χ1v) is 11.3. The van der Waals surface area contributed by atoms with Crippen LogP contribution in [0, 0.1) is 20.8 Å². The molecule has 9 heteroatoms. The fourth-order valence-electron chi connectivity index (χ4n) is 3.75. The number of anilines is 1. The van der Waals surface area contributed by atoms with Gasteiger partial charge in [-0.25, -0.2) is 4.98 Å². The van der Waals surface area contributed by atoms with Crippen LogP contribution in [0.1, 0.15) is 34.2 Å². The summed E-state index contributed by atoms with van der Waals surface area (Å²) in [5.74, 6) is -0.0907. The fourth-order valence-corrected chi connectivity index (χ4v) is 4.80. The predicted molar refractivity (Wildman–Crippen MR) is 128 cm³/mol. The maximum atomic E-state index is 13.5. The Balaban J connectivity index is 0.00000272. The molecule has 1 fully saturated rings. The van der Waals surface area contributed by atoms with E-state index in [2.05, 4.69) is 36.0 Å². The number of hydrogen-bond acceptors (Lipinski definition) is 6. The fraction of sp³-hybridized carbons (Fsp3) is 0.500. The summed E-state index contributed by atoms with van der Waals surface area (Å²) in [5.41, 5.74) is 4.83. The maximum absolute atomic E-state index is 13.5. The molecule has 0 atom stereocenters. The van der Waals surface area contributed by atoms with Gasteiger partial charge in [-0.15, -0.1) is 12.4 Å². The van der Waals surface area contributed by atoms with Gasteiger partial charge in [-0.3, -0.25) is 19.3 Å². The average molecular weight is 464 g/mol. The second-order valence-corrected chi connectivity index (χ2v) is 8.76. The number of carbonyl (C=O) groups is 1. The number of hydrogen-bond donors (Lipinski definition) is 0. The van der Waals surface area contributed by atoms with Gasteiger partial charge in [-0.1, -0.05) is 17.4 Å². The van der Waals surface area contributed by atoms with Crippen LogP contribution >= 0.6 is 23.7 Å². The number of halogens is 1. The van der Waals surface area contributed by atoms with E-state index in [4.69, 9.17) is 9.72 Å². The number of amides is 1. The first-order chi connectivity index (χ1) is 14.5. The Morgan fingerprint density at radius 1 is 1.23 bits per heavy atom. The Kier molecular flexibility index (Phi) is 7.69. The Morgan fingerprint density at radius 3 is 2.65 bits per heavy atom. The van der Waals surface area contributed by atoms with E-state index in [1.165, 1.54) is 11.1 Å². The van der Waals surface area contributed by atoms with Gasteiger partial charge in [-0.2, -0.15) is 5.10 Å². The number of aryl methyl sites for hydroxylation is 4. The van der Waals surface area contributed by atoms with Crippen molar-refractivity contribution in [3.8, 4) is 0 Å². The van der Waals surface area contributed by atoms with Crippen LogP contribution in [0.4, 0.5) is 5.13 Å². The zero-order chi connectivity index (χ0) is 21.3. The molecule has 0 unspecified atom stereocenters. The molecule has 0 aliphatic carbocycles. The second kappa shape index (κ2) is 10.1. The van der Waals surface area contributed by atoms with Crippen LogP contribution in [0.2, 0.25) is 0 Å². The molecule has 1 aliphatic heterocycles. The maximum Gasteiger partial charge on any atom is 0.280 e. The lowest BCUT2D eigenvalue weighted by Crippen LogP contribution is -2.43. The summed E-state index contributed by atoms with van der Waals surface area (Å²) in [6.07, 6.45) is 0. The largest absolute Gasteiger partial charge is 0.379 e. The molecule has 31 heavy (non-hydrogen) atoms. The van der Waals surface area contributed by atoms with E-state index in [-0.39, 0.29) is 18.3 Å². The first kappa shape index (κ1) is 23.7. The van der Waals surface area contributed by atoms with Gasteiger partial charge in [0.1, 0.15) is 0 Å². The molecular formula is C22H30ClN5O2S. The normalized spacial score (nSPS) is 14.6. The van der Waals surface area contributed by atoms with E-state index in [9.17, 15) is 4.79 Å². The van der Waals surface area contributed by atoms with Crippen molar-refractivity contribution in [3.05, 3.63) is 40.7 Å².